The summed E-state index contributed by atoms with van der Waals surface area (Å²) >= 11 is 6.15. The third kappa shape index (κ3) is 3.14. The Morgan fingerprint density at radius 3 is 2.76 bits per heavy atom. The highest BCUT2D eigenvalue weighted by molar-refractivity contribution is 6.30. The molecule has 1 atom stereocenters. The molecule has 0 amide bonds. The predicted molar refractivity (Wildman–Crippen MR) is 87.4 cm³/mol. The lowest BCUT2D eigenvalue weighted by atomic mass is 10.0. The molecule has 0 spiro atoms. The molecule has 0 aromatic heterocycles. The first-order valence-corrected chi connectivity index (χ1v) is 7.52. The minimum absolute atomic E-state index is 0.323. The molecule has 2 aromatic carbocycles. The molecule has 0 aliphatic carbocycles. The molecular formula is C17H19ClN2O. The molecule has 3 nitrogen and oxygen atoms in total. The molecule has 1 heterocycles. The largest absolute Gasteiger partial charge is 0.495 e. The zero-order chi connectivity index (χ0) is 14.7. The number of ether oxygens (including phenoxy) is 1. The minimum atomic E-state index is 0.323. The number of nitrogens with one attached hydrogen (secondary N) is 1. The molecule has 0 saturated carbocycles. The van der Waals surface area contributed by atoms with Crippen molar-refractivity contribution < 1.29 is 4.74 Å². The van der Waals surface area contributed by atoms with Gasteiger partial charge in [-0.25, -0.2) is 0 Å². The Hall–Kier alpha value is -1.71. The van der Waals surface area contributed by atoms with Crippen LogP contribution in [0.3, 0.4) is 0 Å². The van der Waals surface area contributed by atoms with E-state index >= 15 is 0 Å². The maximum Gasteiger partial charge on any atom is 0.142 e. The van der Waals surface area contributed by atoms with E-state index in [1.165, 1.54) is 5.56 Å². The van der Waals surface area contributed by atoms with Crippen LogP contribution in [-0.4, -0.2) is 26.7 Å². The molecule has 1 aliphatic rings. The second-order valence-corrected chi connectivity index (χ2v) is 5.62. The van der Waals surface area contributed by atoms with E-state index in [2.05, 4.69) is 34.5 Å². The average molecular weight is 303 g/mol. The highest BCUT2D eigenvalue weighted by Gasteiger charge is 2.22. The number of benzene rings is 2. The SMILES string of the molecule is COc1ccc(Cl)cc1N1CCNC(c2ccccc2)C1. The summed E-state index contributed by atoms with van der Waals surface area (Å²) in [5, 5.41) is 4.31. The molecule has 1 fully saturated rings. The minimum Gasteiger partial charge on any atom is -0.495 e. The lowest BCUT2D eigenvalue weighted by Crippen LogP contribution is -2.46. The Kier molecular flexibility index (Phi) is 4.32. The first-order chi connectivity index (χ1) is 10.3. The normalized spacial score (nSPS) is 18.6. The van der Waals surface area contributed by atoms with Gasteiger partial charge in [-0.2, -0.15) is 0 Å². The number of hydrogen-bond donors (Lipinski definition) is 1. The smallest absolute Gasteiger partial charge is 0.142 e. The summed E-state index contributed by atoms with van der Waals surface area (Å²) in [5.41, 5.74) is 2.37. The standard InChI is InChI=1S/C17H19ClN2O/c1-21-17-8-7-14(18)11-16(17)20-10-9-19-15(12-20)13-5-3-2-4-6-13/h2-8,11,15,19H,9-10,12H2,1H3. The number of halogens is 1. The van der Waals surface area contributed by atoms with Crippen molar-refractivity contribution in [2.75, 3.05) is 31.6 Å². The lowest BCUT2D eigenvalue weighted by Gasteiger charge is -2.36. The predicted octanol–water partition coefficient (Wildman–Crippen LogP) is 3.50. The van der Waals surface area contributed by atoms with Crippen LogP contribution in [-0.2, 0) is 0 Å². The van der Waals surface area contributed by atoms with E-state index in [0.29, 0.717) is 6.04 Å². The lowest BCUT2D eigenvalue weighted by molar-refractivity contribution is 0.409. The van der Waals surface area contributed by atoms with Crippen LogP contribution in [0.5, 0.6) is 5.75 Å². The highest BCUT2D eigenvalue weighted by Crippen LogP contribution is 2.33. The van der Waals surface area contributed by atoms with Crippen LogP contribution < -0.4 is 15.0 Å². The molecule has 21 heavy (non-hydrogen) atoms. The van der Waals surface area contributed by atoms with Crippen molar-refractivity contribution in [3.8, 4) is 5.75 Å². The summed E-state index contributed by atoms with van der Waals surface area (Å²) < 4.78 is 5.47. The van der Waals surface area contributed by atoms with E-state index in [-0.39, 0.29) is 0 Å². The summed E-state index contributed by atoms with van der Waals surface area (Å²) in [6.45, 7) is 2.79. The fraction of sp³-hybridized carbons (Fsp3) is 0.294. The van der Waals surface area contributed by atoms with E-state index < -0.39 is 0 Å². The Bertz CT molecular complexity index is 603. The molecular weight excluding hydrogens is 284 g/mol. The fourth-order valence-corrected chi connectivity index (χ4v) is 2.95. The van der Waals surface area contributed by atoms with Crippen molar-refractivity contribution in [2.24, 2.45) is 0 Å². The van der Waals surface area contributed by atoms with E-state index in [1.807, 2.05) is 24.3 Å². The number of anilines is 1. The molecule has 1 N–H and O–H groups in total. The summed E-state index contributed by atoms with van der Waals surface area (Å²) in [7, 11) is 1.70. The van der Waals surface area contributed by atoms with Gasteiger partial charge in [0.25, 0.3) is 0 Å². The molecule has 4 heteroatoms. The van der Waals surface area contributed by atoms with Gasteiger partial charge in [-0.05, 0) is 23.8 Å². The van der Waals surface area contributed by atoms with Gasteiger partial charge in [0.05, 0.1) is 12.8 Å². The van der Waals surface area contributed by atoms with Crippen molar-refractivity contribution in [1.29, 1.82) is 0 Å². The van der Waals surface area contributed by atoms with Gasteiger partial charge >= 0.3 is 0 Å². The number of nitrogens with zero attached hydrogens (tertiary/aromatic N) is 1. The number of piperazine rings is 1. The van der Waals surface area contributed by atoms with Crippen LogP contribution >= 0.6 is 11.6 Å². The maximum atomic E-state index is 6.15. The van der Waals surface area contributed by atoms with Gasteiger partial charge in [-0.1, -0.05) is 41.9 Å². The van der Waals surface area contributed by atoms with E-state index in [1.54, 1.807) is 7.11 Å². The van der Waals surface area contributed by atoms with E-state index in [0.717, 1.165) is 36.1 Å². The summed E-state index contributed by atoms with van der Waals surface area (Å²) in [6.07, 6.45) is 0. The molecule has 1 unspecified atom stereocenters. The van der Waals surface area contributed by atoms with Gasteiger partial charge in [0.1, 0.15) is 5.75 Å². The Morgan fingerprint density at radius 1 is 1.19 bits per heavy atom. The van der Waals surface area contributed by atoms with Crippen LogP contribution in [0.1, 0.15) is 11.6 Å². The Labute approximate surface area is 130 Å². The second kappa shape index (κ2) is 6.37. The van der Waals surface area contributed by atoms with Crippen molar-refractivity contribution in [1.82, 2.24) is 5.32 Å². The third-order valence-electron chi connectivity index (χ3n) is 3.86. The second-order valence-electron chi connectivity index (χ2n) is 5.18. The highest BCUT2D eigenvalue weighted by atomic mass is 35.5. The molecule has 0 bridgehead atoms. The summed E-state index contributed by atoms with van der Waals surface area (Å²) in [4.78, 5) is 2.33. The number of hydrogen-bond acceptors (Lipinski definition) is 3. The van der Waals surface area contributed by atoms with Gasteiger partial charge in [-0.3, -0.25) is 0 Å². The number of methoxy groups -OCH3 is 1. The van der Waals surface area contributed by atoms with Crippen molar-refractivity contribution >= 4 is 17.3 Å². The van der Waals surface area contributed by atoms with Crippen LogP contribution in [0, 0.1) is 0 Å². The van der Waals surface area contributed by atoms with Crippen LogP contribution in [0.2, 0.25) is 5.02 Å². The molecule has 0 radical (unpaired) electrons. The van der Waals surface area contributed by atoms with Gasteiger partial charge in [0.2, 0.25) is 0 Å². The van der Waals surface area contributed by atoms with Gasteiger partial charge in [0, 0.05) is 30.7 Å². The first-order valence-electron chi connectivity index (χ1n) is 7.15. The van der Waals surface area contributed by atoms with Crippen molar-refractivity contribution in [3.63, 3.8) is 0 Å². The van der Waals surface area contributed by atoms with Crippen molar-refractivity contribution in [3.05, 3.63) is 59.1 Å². The van der Waals surface area contributed by atoms with E-state index in [4.69, 9.17) is 16.3 Å². The van der Waals surface area contributed by atoms with Gasteiger partial charge < -0.3 is 15.0 Å². The molecule has 3 rings (SSSR count). The van der Waals surface area contributed by atoms with Gasteiger partial charge in [0.15, 0.2) is 0 Å². The Morgan fingerprint density at radius 2 is 2.00 bits per heavy atom. The zero-order valence-electron chi connectivity index (χ0n) is 12.1. The molecule has 1 saturated heterocycles. The molecule has 1 aliphatic heterocycles. The van der Waals surface area contributed by atoms with Gasteiger partial charge in [-0.15, -0.1) is 0 Å². The topological polar surface area (TPSA) is 24.5 Å². The summed E-state index contributed by atoms with van der Waals surface area (Å²) in [6, 6.07) is 16.6. The van der Waals surface area contributed by atoms with Crippen LogP contribution in [0.4, 0.5) is 5.69 Å². The monoisotopic (exact) mass is 302 g/mol. The molecule has 2 aromatic rings. The third-order valence-corrected chi connectivity index (χ3v) is 4.09. The average Bonchev–Trinajstić information content (AvgIpc) is 2.56. The Balaban J connectivity index is 1.85. The zero-order valence-corrected chi connectivity index (χ0v) is 12.8. The summed E-state index contributed by atoms with van der Waals surface area (Å²) in [5.74, 6) is 0.869. The maximum absolute atomic E-state index is 6.15. The van der Waals surface area contributed by atoms with Crippen LogP contribution in [0.15, 0.2) is 48.5 Å². The number of rotatable bonds is 3. The molecule has 110 valence electrons. The first kappa shape index (κ1) is 14.2. The fourth-order valence-electron chi connectivity index (χ4n) is 2.79. The van der Waals surface area contributed by atoms with Crippen molar-refractivity contribution in [2.45, 2.75) is 6.04 Å². The van der Waals surface area contributed by atoms with Crippen LogP contribution in [0.25, 0.3) is 0 Å². The quantitative estimate of drug-likeness (QED) is 0.939. The van der Waals surface area contributed by atoms with E-state index in [9.17, 15) is 0 Å².